The summed E-state index contributed by atoms with van der Waals surface area (Å²) < 4.78 is 10.1. The lowest BCUT2D eigenvalue weighted by Gasteiger charge is -2.26. The molecule has 134 valence electrons. The summed E-state index contributed by atoms with van der Waals surface area (Å²) in [5.74, 6) is 0.873. The summed E-state index contributed by atoms with van der Waals surface area (Å²) in [6.45, 7) is 6.10. The van der Waals surface area contributed by atoms with Gasteiger partial charge in [0.05, 0.1) is 19.9 Å². The van der Waals surface area contributed by atoms with Crippen molar-refractivity contribution in [2.45, 2.75) is 13.6 Å². The van der Waals surface area contributed by atoms with Gasteiger partial charge in [-0.05, 0) is 37.3 Å². The third-order valence-electron chi connectivity index (χ3n) is 4.57. The second-order valence-electron chi connectivity index (χ2n) is 6.52. The van der Waals surface area contributed by atoms with Crippen LogP contribution >= 0.6 is 12.2 Å². The normalized spacial score (nSPS) is 15.3. The Bertz CT molecular complexity index is 942. The molecule has 1 saturated heterocycles. The largest absolute Gasteiger partial charge is 0.379 e. The van der Waals surface area contributed by atoms with E-state index in [0.29, 0.717) is 11.4 Å². The van der Waals surface area contributed by atoms with E-state index >= 15 is 0 Å². The summed E-state index contributed by atoms with van der Waals surface area (Å²) in [7, 11) is 0. The minimum Gasteiger partial charge on any atom is -0.379 e. The highest BCUT2D eigenvalue weighted by molar-refractivity contribution is 7.71. The van der Waals surface area contributed by atoms with Gasteiger partial charge >= 0.3 is 0 Å². The van der Waals surface area contributed by atoms with E-state index < -0.39 is 0 Å². The van der Waals surface area contributed by atoms with Crippen LogP contribution in [0.2, 0.25) is 0 Å². The first-order chi connectivity index (χ1) is 12.7. The van der Waals surface area contributed by atoms with Crippen LogP contribution in [-0.2, 0) is 11.4 Å². The zero-order valence-electron chi connectivity index (χ0n) is 14.8. The Morgan fingerprint density at radius 3 is 2.54 bits per heavy atom. The molecule has 1 fully saturated rings. The maximum Gasteiger partial charge on any atom is 0.204 e. The van der Waals surface area contributed by atoms with Crippen LogP contribution in [0.15, 0.2) is 54.6 Å². The molecular weight excluding hydrogens is 344 g/mol. The smallest absolute Gasteiger partial charge is 0.204 e. The van der Waals surface area contributed by atoms with E-state index in [1.54, 1.807) is 0 Å². The van der Waals surface area contributed by atoms with E-state index in [2.05, 4.69) is 52.8 Å². The van der Waals surface area contributed by atoms with Gasteiger partial charge in [-0.15, -0.1) is 5.10 Å². The van der Waals surface area contributed by atoms with Gasteiger partial charge in [0.15, 0.2) is 5.82 Å². The van der Waals surface area contributed by atoms with Gasteiger partial charge in [-0.2, -0.15) is 0 Å². The van der Waals surface area contributed by atoms with Crippen LogP contribution in [0.1, 0.15) is 5.56 Å². The van der Waals surface area contributed by atoms with Crippen molar-refractivity contribution in [1.29, 1.82) is 0 Å². The molecule has 4 rings (SSSR count). The summed E-state index contributed by atoms with van der Waals surface area (Å²) in [6.07, 6.45) is 0. The molecule has 0 saturated carbocycles. The molecule has 6 heteroatoms. The zero-order valence-corrected chi connectivity index (χ0v) is 15.7. The van der Waals surface area contributed by atoms with Crippen molar-refractivity contribution < 1.29 is 4.74 Å². The fraction of sp³-hybridized carbons (Fsp3) is 0.300. The van der Waals surface area contributed by atoms with Gasteiger partial charge < -0.3 is 4.74 Å². The van der Waals surface area contributed by atoms with Gasteiger partial charge in [-0.1, -0.05) is 42.0 Å². The molecule has 5 nitrogen and oxygen atoms in total. The maximum atomic E-state index is 5.80. The number of hydrogen-bond donors (Lipinski definition) is 0. The van der Waals surface area contributed by atoms with Crippen molar-refractivity contribution in [3.63, 3.8) is 0 Å². The molecule has 0 radical (unpaired) electrons. The average Bonchev–Trinajstić information content (AvgIpc) is 3.00. The lowest BCUT2D eigenvalue weighted by atomic mass is 10.1. The molecule has 0 atom stereocenters. The van der Waals surface area contributed by atoms with Crippen LogP contribution in [0.25, 0.3) is 17.1 Å². The van der Waals surface area contributed by atoms with Gasteiger partial charge in [0, 0.05) is 24.3 Å². The lowest BCUT2D eigenvalue weighted by Crippen LogP contribution is -2.37. The predicted octanol–water partition coefficient (Wildman–Crippen LogP) is 3.67. The van der Waals surface area contributed by atoms with E-state index in [0.717, 1.165) is 43.4 Å². The Labute approximate surface area is 158 Å². The van der Waals surface area contributed by atoms with Crippen molar-refractivity contribution >= 4 is 12.2 Å². The molecule has 1 aliphatic rings. The number of ether oxygens (including phenoxy) is 1. The van der Waals surface area contributed by atoms with Crippen molar-refractivity contribution in [2.24, 2.45) is 0 Å². The standard InChI is InChI=1S/C20H22N4OS/c1-16-6-5-7-17(14-16)19-21-23(15-22-10-12-25-13-11-22)20(26)24(19)18-8-3-2-4-9-18/h2-9,14H,10-13,15H2,1H3. The molecule has 2 heterocycles. The molecule has 0 N–H and O–H groups in total. The minimum atomic E-state index is 0.681. The quantitative estimate of drug-likeness (QED) is 0.660. The third-order valence-corrected chi connectivity index (χ3v) is 4.96. The second kappa shape index (κ2) is 7.53. The third kappa shape index (κ3) is 3.49. The first kappa shape index (κ1) is 17.1. The van der Waals surface area contributed by atoms with Crippen molar-refractivity contribution in [3.8, 4) is 17.1 Å². The summed E-state index contributed by atoms with van der Waals surface area (Å²) in [6, 6.07) is 18.6. The number of benzene rings is 2. The van der Waals surface area contributed by atoms with Crippen LogP contribution < -0.4 is 0 Å². The first-order valence-corrected chi connectivity index (χ1v) is 9.25. The molecule has 0 aliphatic carbocycles. The summed E-state index contributed by atoms with van der Waals surface area (Å²) in [4.78, 5) is 2.32. The molecular formula is C20H22N4OS. The van der Waals surface area contributed by atoms with Crippen LogP contribution in [0, 0.1) is 11.7 Å². The Balaban J connectivity index is 1.81. The first-order valence-electron chi connectivity index (χ1n) is 8.85. The van der Waals surface area contributed by atoms with Gasteiger partial charge in [0.1, 0.15) is 0 Å². The van der Waals surface area contributed by atoms with Crippen molar-refractivity contribution in [2.75, 3.05) is 26.3 Å². The Hall–Kier alpha value is -2.28. The highest BCUT2D eigenvalue weighted by atomic mass is 32.1. The van der Waals surface area contributed by atoms with Gasteiger partial charge in [-0.3, -0.25) is 9.47 Å². The highest BCUT2D eigenvalue weighted by Gasteiger charge is 2.17. The molecule has 26 heavy (non-hydrogen) atoms. The molecule has 1 aliphatic heterocycles. The molecule has 0 unspecified atom stereocenters. The van der Waals surface area contributed by atoms with Crippen molar-refractivity contribution in [1.82, 2.24) is 19.2 Å². The predicted molar refractivity (Wildman–Crippen MR) is 105 cm³/mol. The van der Waals surface area contributed by atoms with Crippen molar-refractivity contribution in [3.05, 3.63) is 64.9 Å². The lowest BCUT2D eigenvalue weighted by molar-refractivity contribution is 0.0210. The molecule has 0 bridgehead atoms. The Morgan fingerprint density at radius 1 is 1.04 bits per heavy atom. The zero-order chi connectivity index (χ0) is 17.9. The van der Waals surface area contributed by atoms with Gasteiger partial charge in [-0.25, -0.2) is 4.68 Å². The molecule has 3 aromatic rings. The van der Waals surface area contributed by atoms with E-state index in [4.69, 9.17) is 22.1 Å². The number of para-hydroxylation sites is 1. The van der Waals surface area contributed by atoms with Crippen LogP contribution in [-0.4, -0.2) is 45.6 Å². The average molecular weight is 366 g/mol. The van der Waals surface area contributed by atoms with Crippen LogP contribution in [0.4, 0.5) is 0 Å². The fourth-order valence-corrected chi connectivity index (χ4v) is 3.50. The number of morpholine rings is 1. The summed E-state index contributed by atoms with van der Waals surface area (Å²) in [5, 5.41) is 4.88. The van der Waals surface area contributed by atoms with E-state index in [-0.39, 0.29) is 0 Å². The highest BCUT2D eigenvalue weighted by Crippen LogP contribution is 2.23. The van der Waals surface area contributed by atoms with E-state index in [9.17, 15) is 0 Å². The number of hydrogen-bond acceptors (Lipinski definition) is 4. The Kier molecular flexibility index (Phi) is 4.97. The van der Waals surface area contributed by atoms with E-state index in [1.165, 1.54) is 5.56 Å². The maximum absolute atomic E-state index is 5.80. The molecule has 2 aromatic carbocycles. The minimum absolute atomic E-state index is 0.681. The van der Waals surface area contributed by atoms with E-state index in [1.807, 2.05) is 22.9 Å². The number of rotatable bonds is 4. The topological polar surface area (TPSA) is 35.2 Å². The Morgan fingerprint density at radius 2 is 1.81 bits per heavy atom. The fourth-order valence-electron chi connectivity index (χ4n) is 3.21. The van der Waals surface area contributed by atoms with Gasteiger partial charge in [0.25, 0.3) is 0 Å². The number of nitrogens with zero attached hydrogens (tertiary/aromatic N) is 4. The molecule has 0 spiro atoms. The molecule has 1 aromatic heterocycles. The number of aromatic nitrogens is 3. The number of aryl methyl sites for hydroxylation is 1. The second-order valence-corrected chi connectivity index (χ2v) is 6.88. The van der Waals surface area contributed by atoms with Crippen LogP contribution in [0.5, 0.6) is 0 Å². The monoisotopic (exact) mass is 366 g/mol. The summed E-state index contributed by atoms with van der Waals surface area (Å²) in [5.41, 5.74) is 3.30. The summed E-state index contributed by atoms with van der Waals surface area (Å²) >= 11 is 5.80. The SMILES string of the molecule is Cc1cccc(-c2nn(CN3CCOCC3)c(=S)n2-c2ccccc2)c1. The molecule has 0 amide bonds. The van der Waals surface area contributed by atoms with Gasteiger partial charge in [0.2, 0.25) is 4.77 Å². The van der Waals surface area contributed by atoms with Crippen LogP contribution in [0.3, 0.4) is 0 Å².